The fraction of sp³-hybridized carbons (Fsp3) is 0.432. The van der Waals surface area contributed by atoms with E-state index in [-0.39, 0.29) is 0 Å². The van der Waals surface area contributed by atoms with Gasteiger partial charge in [0.1, 0.15) is 17.8 Å². The summed E-state index contributed by atoms with van der Waals surface area (Å²) in [6.07, 6.45) is 14.2. The number of carbonyl (C=O) groups excluding carboxylic acids is 1. The summed E-state index contributed by atoms with van der Waals surface area (Å²) in [6, 6.07) is 24.7. The molecule has 4 aromatic carbocycles. The molecule has 2 aliphatic carbocycles. The third-order valence-electron chi connectivity index (χ3n) is 9.09. The molecule has 0 N–H and O–H groups in total. The van der Waals surface area contributed by atoms with Crippen LogP contribution in [0, 0.1) is 11.8 Å². The van der Waals surface area contributed by atoms with Crippen LogP contribution in [-0.2, 0) is 0 Å². The van der Waals surface area contributed by atoms with Crippen LogP contribution < -0.4 is 9.47 Å². The summed E-state index contributed by atoms with van der Waals surface area (Å²) in [5.41, 5.74) is 0.717. The van der Waals surface area contributed by atoms with Crippen molar-refractivity contribution in [2.45, 2.75) is 90.3 Å². The molecule has 0 saturated heterocycles. The van der Waals surface area contributed by atoms with E-state index in [4.69, 9.17) is 9.47 Å². The quantitative estimate of drug-likeness (QED) is 0.194. The topological polar surface area (TPSA) is 35.5 Å². The number of fused-ring (bicyclic) bond motifs is 2. The summed E-state index contributed by atoms with van der Waals surface area (Å²) in [5, 5.41) is 4.70. The molecule has 41 heavy (non-hydrogen) atoms. The molecule has 6 rings (SSSR count). The predicted molar refractivity (Wildman–Crippen MR) is 174 cm³/mol. The van der Waals surface area contributed by atoms with E-state index in [1.165, 1.54) is 75.0 Å². The number of aldehydes is 1. The van der Waals surface area contributed by atoms with Crippen molar-refractivity contribution >= 4 is 43.8 Å². The average Bonchev–Trinajstić information content (AvgIpc) is 3.02. The Hall–Kier alpha value is -2.85. The molecular weight excluding hydrogens is 572 g/mol. The van der Waals surface area contributed by atoms with E-state index < -0.39 is 0 Å². The minimum Gasteiger partial charge on any atom is -0.490 e. The maximum Gasteiger partial charge on any atom is 0.150 e. The fourth-order valence-electron chi connectivity index (χ4n) is 6.36. The second-order valence-electron chi connectivity index (χ2n) is 11.9. The maximum atomic E-state index is 10.8. The Morgan fingerprint density at radius 2 is 1.05 bits per heavy atom. The van der Waals surface area contributed by atoms with E-state index in [9.17, 15) is 4.79 Å². The zero-order chi connectivity index (χ0) is 28.6. The van der Waals surface area contributed by atoms with Crippen LogP contribution in [0.25, 0.3) is 21.5 Å². The van der Waals surface area contributed by atoms with Gasteiger partial charge in [0.25, 0.3) is 0 Å². The molecule has 0 radical (unpaired) electrons. The Labute approximate surface area is 253 Å². The van der Waals surface area contributed by atoms with Crippen LogP contribution in [0.5, 0.6) is 11.5 Å². The van der Waals surface area contributed by atoms with E-state index >= 15 is 0 Å². The van der Waals surface area contributed by atoms with Crippen LogP contribution in [0.3, 0.4) is 0 Å². The number of carbonyl (C=O) groups is 1. The van der Waals surface area contributed by atoms with Crippen molar-refractivity contribution in [1.29, 1.82) is 0 Å². The molecule has 0 heterocycles. The summed E-state index contributed by atoms with van der Waals surface area (Å²) >= 11 is 3.51. The molecule has 0 aliphatic heterocycles. The largest absolute Gasteiger partial charge is 0.490 e. The van der Waals surface area contributed by atoms with Crippen molar-refractivity contribution in [3.8, 4) is 11.5 Å². The summed E-state index contributed by atoms with van der Waals surface area (Å²) < 4.78 is 13.4. The highest BCUT2D eigenvalue weighted by Crippen LogP contribution is 2.32. The van der Waals surface area contributed by atoms with Crippen molar-refractivity contribution in [1.82, 2.24) is 0 Å². The second-order valence-corrected chi connectivity index (χ2v) is 12.8. The number of benzene rings is 4. The van der Waals surface area contributed by atoms with E-state index in [1.54, 1.807) is 0 Å². The fourth-order valence-corrected chi connectivity index (χ4v) is 6.74. The summed E-state index contributed by atoms with van der Waals surface area (Å²) in [7, 11) is 0. The molecule has 0 bridgehead atoms. The average molecular weight is 616 g/mol. The first kappa shape index (κ1) is 29.6. The molecule has 0 unspecified atom stereocenters. The van der Waals surface area contributed by atoms with E-state index in [1.807, 2.05) is 30.3 Å². The monoisotopic (exact) mass is 614 g/mol. The molecule has 0 amide bonds. The number of hydrogen-bond donors (Lipinski definition) is 0. The molecule has 4 heteroatoms. The van der Waals surface area contributed by atoms with Gasteiger partial charge in [-0.15, -0.1) is 0 Å². The van der Waals surface area contributed by atoms with Crippen molar-refractivity contribution in [2.75, 3.05) is 0 Å². The summed E-state index contributed by atoms with van der Waals surface area (Å²) in [4.78, 5) is 10.8. The van der Waals surface area contributed by atoms with E-state index in [2.05, 4.69) is 72.2 Å². The molecule has 216 valence electrons. The van der Waals surface area contributed by atoms with Gasteiger partial charge in [-0.1, -0.05) is 73.0 Å². The lowest BCUT2D eigenvalue weighted by Crippen LogP contribution is -2.23. The van der Waals surface area contributed by atoms with Gasteiger partial charge in [0, 0.05) is 10.0 Å². The Morgan fingerprint density at radius 1 is 0.610 bits per heavy atom. The number of hydrogen-bond acceptors (Lipinski definition) is 3. The third-order valence-corrected chi connectivity index (χ3v) is 9.59. The minimum absolute atomic E-state index is 0.361. The van der Waals surface area contributed by atoms with Crippen molar-refractivity contribution in [3.63, 3.8) is 0 Å². The normalized spacial score (nSPS) is 22.5. The second kappa shape index (κ2) is 14.4. The van der Waals surface area contributed by atoms with Gasteiger partial charge in [-0.2, -0.15) is 0 Å². The van der Waals surface area contributed by atoms with Crippen molar-refractivity contribution in [3.05, 3.63) is 82.8 Å². The Balaban J connectivity index is 0.000000165. The lowest BCUT2D eigenvalue weighted by Gasteiger charge is -2.28. The van der Waals surface area contributed by atoms with Gasteiger partial charge in [-0.25, -0.2) is 0 Å². The van der Waals surface area contributed by atoms with E-state index in [0.717, 1.165) is 44.9 Å². The third kappa shape index (κ3) is 8.13. The summed E-state index contributed by atoms with van der Waals surface area (Å²) in [6.45, 7) is 4.58. The lowest BCUT2D eigenvalue weighted by atomic mass is 9.86. The molecule has 2 aliphatic rings. The van der Waals surface area contributed by atoms with Crippen LogP contribution in [-0.4, -0.2) is 18.5 Å². The summed E-state index contributed by atoms with van der Waals surface area (Å²) in [5.74, 6) is 3.77. The van der Waals surface area contributed by atoms with Crippen LogP contribution >= 0.6 is 15.9 Å². The SMILES string of the molecule is CCC1CCC(Oc2ccc3cc(Br)ccc3c2)CC1.CCC1CCC(Oc2ccc3cc(C=O)ccc3c2)CC1. The maximum absolute atomic E-state index is 10.8. The molecule has 3 nitrogen and oxygen atoms in total. The van der Waals surface area contributed by atoms with Gasteiger partial charge in [0.05, 0.1) is 12.2 Å². The first-order valence-electron chi connectivity index (χ1n) is 15.5. The zero-order valence-electron chi connectivity index (χ0n) is 24.5. The Bertz CT molecular complexity index is 1430. The molecule has 0 atom stereocenters. The van der Waals surface area contributed by atoms with Gasteiger partial charge < -0.3 is 9.47 Å². The highest BCUT2D eigenvalue weighted by Gasteiger charge is 2.22. The zero-order valence-corrected chi connectivity index (χ0v) is 26.1. The number of halogens is 1. The van der Waals surface area contributed by atoms with Crippen molar-refractivity contribution < 1.29 is 14.3 Å². The number of ether oxygens (including phenoxy) is 2. The van der Waals surface area contributed by atoms with Gasteiger partial charge in [0.2, 0.25) is 0 Å². The molecule has 0 spiro atoms. The minimum atomic E-state index is 0.361. The van der Waals surface area contributed by atoms with Crippen LogP contribution in [0.2, 0.25) is 0 Å². The highest BCUT2D eigenvalue weighted by atomic mass is 79.9. The van der Waals surface area contributed by atoms with Gasteiger partial charge in [-0.3, -0.25) is 4.79 Å². The molecule has 2 saturated carbocycles. The van der Waals surface area contributed by atoms with Crippen LogP contribution in [0.1, 0.15) is 88.4 Å². The standard InChI is InChI=1S/C19H22O2.C18H21BrO/c1-2-14-4-8-18(9-5-14)21-19-10-7-16-11-15(13-20)3-6-17(16)12-19;1-2-13-3-8-17(9-4-13)20-18-10-6-14-11-16(19)7-5-15(14)12-18/h3,6-7,10-14,18H,2,4-5,8-9H2,1H3;5-7,10-13,17H,2-4,8-9H2,1H3. The molecule has 2 fully saturated rings. The van der Waals surface area contributed by atoms with Crippen LogP contribution in [0.15, 0.2) is 77.3 Å². The number of rotatable bonds is 7. The molecular formula is C37H43BrO3. The molecule has 4 aromatic rings. The smallest absolute Gasteiger partial charge is 0.150 e. The van der Waals surface area contributed by atoms with Gasteiger partial charge in [-0.05, 0) is 127 Å². The molecule has 0 aromatic heterocycles. The van der Waals surface area contributed by atoms with Gasteiger partial charge in [0.15, 0.2) is 0 Å². The highest BCUT2D eigenvalue weighted by molar-refractivity contribution is 9.10. The predicted octanol–water partition coefficient (Wildman–Crippen LogP) is 10.9. The van der Waals surface area contributed by atoms with E-state index in [0.29, 0.717) is 17.8 Å². The Kier molecular flexibility index (Phi) is 10.4. The lowest BCUT2D eigenvalue weighted by molar-refractivity contribution is 0.112. The Morgan fingerprint density at radius 3 is 1.54 bits per heavy atom. The first-order chi connectivity index (χ1) is 20.0. The van der Waals surface area contributed by atoms with Crippen LogP contribution in [0.4, 0.5) is 0 Å². The van der Waals surface area contributed by atoms with Crippen molar-refractivity contribution in [2.24, 2.45) is 11.8 Å². The van der Waals surface area contributed by atoms with Gasteiger partial charge >= 0.3 is 0 Å². The first-order valence-corrected chi connectivity index (χ1v) is 16.3.